The van der Waals surface area contributed by atoms with Crippen LogP contribution in [0.1, 0.15) is 36.3 Å². The van der Waals surface area contributed by atoms with Crippen molar-refractivity contribution < 1.29 is 4.79 Å². The van der Waals surface area contributed by atoms with Gasteiger partial charge in [-0.1, -0.05) is 78.4 Å². The molecule has 0 saturated carbocycles. The van der Waals surface area contributed by atoms with Crippen LogP contribution in [0.25, 0.3) is 5.57 Å². The average Bonchev–Trinajstić information content (AvgIpc) is 2.61. The van der Waals surface area contributed by atoms with E-state index in [0.717, 1.165) is 12.8 Å². The number of primary amides is 1. The predicted molar refractivity (Wildman–Crippen MR) is 94.7 cm³/mol. The molecule has 2 aromatic rings. The number of benzene rings is 2. The maximum absolute atomic E-state index is 11.2. The van der Waals surface area contributed by atoms with Gasteiger partial charge >= 0.3 is 0 Å². The lowest BCUT2D eigenvalue weighted by molar-refractivity contribution is -0.117. The van der Waals surface area contributed by atoms with Gasteiger partial charge in [-0.15, -0.1) is 0 Å². The van der Waals surface area contributed by atoms with E-state index in [1.54, 1.807) is 0 Å². The molecule has 0 radical (unpaired) electrons. The van der Waals surface area contributed by atoms with Crippen molar-refractivity contribution in [1.82, 2.24) is 0 Å². The van der Waals surface area contributed by atoms with Gasteiger partial charge in [-0.3, -0.25) is 4.79 Å². The molecule has 3 rings (SSSR count). The van der Waals surface area contributed by atoms with Gasteiger partial charge in [-0.2, -0.15) is 0 Å². The van der Waals surface area contributed by atoms with E-state index in [0.29, 0.717) is 12.3 Å². The summed E-state index contributed by atoms with van der Waals surface area (Å²) in [6.45, 7) is 0. The second-order valence-electron chi connectivity index (χ2n) is 5.93. The zero-order chi connectivity index (χ0) is 16.1. The standard InChI is InChI=1S/C21H21NO/c22-21(23)14-12-19-15-18(16-7-3-1-4-8-16)11-13-20(19)17-9-5-2-6-10-17/h1-11,13,18H,12,14-15H2,(H2,22,23). The van der Waals surface area contributed by atoms with E-state index in [1.165, 1.54) is 22.3 Å². The van der Waals surface area contributed by atoms with E-state index in [2.05, 4.69) is 48.6 Å². The second-order valence-corrected chi connectivity index (χ2v) is 5.93. The largest absolute Gasteiger partial charge is 0.370 e. The van der Waals surface area contributed by atoms with Crippen molar-refractivity contribution in [1.29, 1.82) is 0 Å². The number of carbonyl (C=O) groups excluding carboxylic acids is 1. The van der Waals surface area contributed by atoms with Gasteiger partial charge in [0.15, 0.2) is 0 Å². The first kappa shape index (κ1) is 15.3. The molecule has 2 nitrogen and oxygen atoms in total. The van der Waals surface area contributed by atoms with Crippen LogP contribution >= 0.6 is 0 Å². The third-order valence-corrected chi connectivity index (χ3v) is 4.33. The van der Waals surface area contributed by atoms with Crippen LogP contribution in [0.2, 0.25) is 0 Å². The molecule has 2 N–H and O–H groups in total. The van der Waals surface area contributed by atoms with E-state index >= 15 is 0 Å². The van der Waals surface area contributed by atoms with Gasteiger partial charge in [0.1, 0.15) is 0 Å². The molecule has 0 fully saturated rings. The second kappa shape index (κ2) is 7.10. The van der Waals surface area contributed by atoms with Crippen molar-refractivity contribution in [2.75, 3.05) is 0 Å². The molecule has 0 bridgehead atoms. The number of hydrogen-bond donors (Lipinski definition) is 1. The van der Waals surface area contributed by atoms with Crippen LogP contribution in [0.15, 0.2) is 78.4 Å². The van der Waals surface area contributed by atoms with Gasteiger partial charge in [-0.25, -0.2) is 0 Å². The molecule has 0 spiro atoms. The highest BCUT2D eigenvalue weighted by Crippen LogP contribution is 2.37. The highest BCUT2D eigenvalue weighted by atomic mass is 16.1. The number of nitrogens with two attached hydrogens (primary N) is 1. The lowest BCUT2D eigenvalue weighted by atomic mass is 9.81. The fraction of sp³-hybridized carbons (Fsp3) is 0.190. The van der Waals surface area contributed by atoms with Crippen molar-refractivity contribution in [2.45, 2.75) is 25.2 Å². The molecular formula is C21H21NO. The summed E-state index contributed by atoms with van der Waals surface area (Å²) >= 11 is 0. The number of amides is 1. The Kier molecular flexibility index (Phi) is 4.72. The lowest BCUT2D eigenvalue weighted by Crippen LogP contribution is -2.12. The van der Waals surface area contributed by atoms with E-state index < -0.39 is 0 Å². The van der Waals surface area contributed by atoms with Crippen molar-refractivity contribution in [3.8, 4) is 0 Å². The Morgan fingerprint density at radius 1 is 1.00 bits per heavy atom. The molecule has 1 aliphatic rings. The minimum Gasteiger partial charge on any atom is -0.370 e. The molecule has 1 atom stereocenters. The summed E-state index contributed by atoms with van der Waals surface area (Å²) in [7, 11) is 0. The summed E-state index contributed by atoms with van der Waals surface area (Å²) in [6.07, 6.45) is 6.55. The Labute approximate surface area is 137 Å². The summed E-state index contributed by atoms with van der Waals surface area (Å²) in [5.41, 5.74) is 10.4. The fourth-order valence-electron chi connectivity index (χ4n) is 3.13. The fourth-order valence-corrected chi connectivity index (χ4v) is 3.13. The van der Waals surface area contributed by atoms with Gasteiger partial charge in [0.2, 0.25) is 5.91 Å². The Balaban J connectivity index is 1.91. The first-order chi connectivity index (χ1) is 11.2. The Morgan fingerprint density at radius 2 is 1.65 bits per heavy atom. The summed E-state index contributed by atoms with van der Waals surface area (Å²) in [6, 6.07) is 20.9. The molecule has 1 amide bonds. The molecule has 2 heteroatoms. The first-order valence-corrected chi connectivity index (χ1v) is 8.03. The number of allylic oxidation sites excluding steroid dienone is 4. The quantitative estimate of drug-likeness (QED) is 0.871. The SMILES string of the molecule is NC(=O)CCC1=C(c2ccccc2)C=CC(c2ccccc2)C1. The molecule has 2 aromatic carbocycles. The van der Waals surface area contributed by atoms with Crippen LogP contribution < -0.4 is 5.73 Å². The van der Waals surface area contributed by atoms with Crippen molar-refractivity contribution in [2.24, 2.45) is 5.73 Å². The Hall–Kier alpha value is -2.61. The monoisotopic (exact) mass is 303 g/mol. The van der Waals surface area contributed by atoms with Crippen LogP contribution in [-0.2, 0) is 4.79 Å². The first-order valence-electron chi connectivity index (χ1n) is 8.03. The Bertz CT molecular complexity index is 729. The molecule has 1 aliphatic carbocycles. The highest BCUT2D eigenvalue weighted by Gasteiger charge is 2.19. The molecule has 0 heterocycles. The van der Waals surface area contributed by atoms with Gasteiger partial charge in [-0.05, 0) is 29.5 Å². The molecular weight excluding hydrogens is 282 g/mol. The maximum Gasteiger partial charge on any atom is 0.217 e. The Morgan fingerprint density at radius 3 is 2.30 bits per heavy atom. The van der Waals surface area contributed by atoms with Crippen LogP contribution in [0, 0.1) is 0 Å². The maximum atomic E-state index is 11.2. The molecule has 0 saturated heterocycles. The van der Waals surface area contributed by atoms with Crippen LogP contribution in [0.3, 0.4) is 0 Å². The van der Waals surface area contributed by atoms with E-state index in [-0.39, 0.29) is 5.91 Å². The molecule has 116 valence electrons. The zero-order valence-electron chi connectivity index (χ0n) is 13.1. The summed E-state index contributed by atoms with van der Waals surface area (Å²) < 4.78 is 0. The van der Waals surface area contributed by atoms with Crippen molar-refractivity contribution in [3.05, 3.63) is 89.5 Å². The summed E-state index contributed by atoms with van der Waals surface area (Å²) in [5, 5.41) is 0. The van der Waals surface area contributed by atoms with Crippen molar-refractivity contribution >= 4 is 11.5 Å². The summed E-state index contributed by atoms with van der Waals surface area (Å²) in [5.74, 6) is 0.127. The minimum atomic E-state index is -0.240. The van der Waals surface area contributed by atoms with Crippen LogP contribution in [0.4, 0.5) is 0 Å². The van der Waals surface area contributed by atoms with E-state index in [1.807, 2.05) is 24.3 Å². The molecule has 0 aliphatic heterocycles. The van der Waals surface area contributed by atoms with Crippen LogP contribution in [-0.4, -0.2) is 5.91 Å². The average molecular weight is 303 g/mol. The number of rotatable bonds is 5. The zero-order valence-corrected chi connectivity index (χ0v) is 13.1. The third kappa shape index (κ3) is 3.78. The van der Waals surface area contributed by atoms with Gasteiger partial charge < -0.3 is 5.73 Å². The minimum absolute atomic E-state index is 0.240. The molecule has 23 heavy (non-hydrogen) atoms. The van der Waals surface area contributed by atoms with Crippen molar-refractivity contribution in [3.63, 3.8) is 0 Å². The lowest BCUT2D eigenvalue weighted by Gasteiger charge is -2.23. The predicted octanol–water partition coefficient (Wildman–Crippen LogP) is 4.45. The highest BCUT2D eigenvalue weighted by molar-refractivity contribution is 5.80. The smallest absolute Gasteiger partial charge is 0.217 e. The topological polar surface area (TPSA) is 43.1 Å². The third-order valence-electron chi connectivity index (χ3n) is 4.33. The van der Waals surface area contributed by atoms with Gasteiger partial charge in [0, 0.05) is 12.3 Å². The van der Waals surface area contributed by atoms with Crippen LogP contribution in [0.5, 0.6) is 0 Å². The normalized spacial score (nSPS) is 17.3. The number of carbonyl (C=O) groups is 1. The van der Waals surface area contributed by atoms with E-state index in [4.69, 9.17) is 5.73 Å². The van der Waals surface area contributed by atoms with E-state index in [9.17, 15) is 4.79 Å². The van der Waals surface area contributed by atoms with Gasteiger partial charge in [0.25, 0.3) is 0 Å². The molecule has 0 aromatic heterocycles. The van der Waals surface area contributed by atoms with Gasteiger partial charge in [0.05, 0.1) is 0 Å². The summed E-state index contributed by atoms with van der Waals surface area (Å²) in [4.78, 5) is 11.2. The molecule has 1 unspecified atom stereocenters. The number of hydrogen-bond acceptors (Lipinski definition) is 1.